The molecule has 0 unspecified atom stereocenters. The highest BCUT2D eigenvalue weighted by molar-refractivity contribution is 5.73. The van der Waals surface area contributed by atoms with E-state index in [9.17, 15) is 14.4 Å². The molecule has 0 heterocycles. The number of amides is 2. The van der Waals surface area contributed by atoms with Crippen molar-refractivity contribution in [3.63, 3.8) is 0 Å². The van der Waals surface area contributed by atoms with Crippen molar-refractivity contribution in [1.29, 1.82) is 0 Å². The van der Waals surface area contributed by atoms with E-state index in [1.165, 1.54) is 0 Å². The van der Waals surface area contributed by atoms with Gasteiger partial charge in [-0.3, -0.25) is 0 Å². The largest absolute Gasteiger partial charge is 0.444 e. The molecule has 0 radical (unpaired) electrons. The molecule has 0 spiro atoms. The van der Waals surface area contributed by atoms with E-state index in [1.54, 1.807) is 20.8 Å². The Morgan fingerprint density at radius 2 is 1.23 bits per heavy atom. The molecule has 186 valence electrons. The van der Waals surface area contributed by atoms with Gasteiger partial charge < -0.3 is 30.0 Å². The third-order valence-corrected chi connectivity index (χ3v) is 3.29. The fourth-order valence-electron chi connectivity index (χ4n) is 2.34. The molecule has 0 rings (SSSR count). The molecule has 0 aliphatic carbocycles. The van der Waals surface area contributed by atoms with Crippen molar-refractivity contribution in [1.82, 2.24) is 10.6 Å². The van der Waals surface area contributed by atoms with Crippen LogP contribution in [0.15, 0.2) is 0 Å². The first kappa shape index (κ1) is 33.8. The Kier molecular flexibility index (Phi) is 17.3. The normalized spacial score (nSPS) is 13.2. The third kappa shape index (κ3) is 24.3. The molecule has 0 bridgehead atoms. The maximum absolute atomic E-state index is 11.4. The standard InChI is InChI=1S/C11H23NO3.C11H21NO3.CH4/c2*1-8(2)6-9(7-13)12-10(14)15-11(3,4)5;/h8-9,13H,6-7H2,1-5H3,(H,12,14);7-9H,6H2,1-5H3,(H,12,14);1H4/t2*9-;/m00./s1. The maximum Gasteiger partial charge on any atom is 0.408 e. The van der Waals surface area contributed by atoms with E-state index < -0.39 is 29.4 Å². The smallest absolute Gasteiger partial charge is 0.408 e. The Labute approximate surface area is 189 Å². The van der Waals surface area contributed by atoms with Crippen molar-refractivity contribution in [2.45, 2.75) is 113 Å². The van der Waals surface area contributed by atoms with Gasteiger partial charge in [0.1, 0.15) is 17.5 Å². The summed E-state index contributed by atoms with van der Waals surface area (Å²) in [5.74, 6) is 0.784. The highest BCUT2D eigenvalue weighted by Gasteiger charge is 2.20. The zero-order valence-electron chi connectivity index (χ0n) is 20.5. The summed E-state index contributed by atoms with van der Waals surface area (Å²) in [6.45, 7) is 18.8. The number of carbonyl (C=O) groups excluding carboxylic acids is 3. The molecule has 8 nitrogen and oxygen atoms in total. The topological polar surface area (TPSA) is 114 Å². The molecular formula is C23H48N2O6. The van der Waals surface area contributed by atoms with E-state index in [-0.39, 0.29) is 20.1 Å². The summed E-state index contributed by atoms with van der Waals surface area (Å²) in [5.41, 5.74) is -1.03. The number of aliphatic hydroxyl groups is 1. The first-order valence-electron chi connectivity index (χ1n) is 10.5. The quantitative estimate of drug-likeness (QED) is 0.465. The number of ether oxygens (including phenoxy) is 2. The summed E-state index contributed by atoms with van der Waals surface area (Å²) in [6.07, 6.45) is 1.10. The fourth-order valence-corrected chi connectivity index (χ4v) is 2.34. The molecule has 0 saturated heterocycles. The van der Waals surface area contributed by atoms with Crippen molar-refractivity contribution in [2.75, 3.05) is 6.61 Å². The molecule has 0 aromatic rings. The van der Waals surface area contributed by atoms with Gasteiger partial charge in [0.05, 0.1) is 18.7 Å². The molecule has 0 aliphatic heterocycles. The Morgan fingerprint density at radius 1 is 0.839 bits per heavy atom. The van der Waals surface area contributed by atoms with Gasteiger partial charge in [0.25, 0.3) is 0 Å². The van der Waals surface area contributed by atoms with Crippen LogP contribution < -0.4 is 10.6 Å². The van der Waals surface area contributed by atoms with Crippen molar-refractivity contribution in [2.24, 2.45) is 11.8 Å². The summed E-state index contributed by atoms with van der Waals surface area (Å²) < 4.78 is 10.1. The van der Waals surface area contributed by atoms with Crippen LogP contribution in [-0.2, 0) is 14.3 Å². The number of rotatable bonds is 8. The zero-order valence-corrected chi connectivity index (χ0v) is 20.5. The second-order valence-electron chi connectivity index (χ2n) is 10.2. The first-order valence-corrected chi connectivity index (χ1v) is 10.5. The molecule has 0 aromatic carbocycles. The lowest BCUT2D eigenvalue weighted by atomic mass is 10.0. The van der Waals surface area contributed by atoms with Crippen LogP contribution in [0.5, 0.6) is 0 Å². The van der Waals surface area contributed by atoms with Gasteiger partial charge in [0.2, 0.25) is 0 Å². The van der Waals surface area contributed by atoms with Crippen LogP contribution in [0.3, 0.4) is 0 Å². The number of aliphatic hydroxyl groups excluding tert-OH is 1. The van der Waals surface area contributed by atoms with E-state index in [1.807, 2.05) is 48.5 Å². The molecule has 2 amide bonds. The molecule has 0 aliphatic rings. The predicted octanol–water partition coefficient (Wildman–Crippen LogP) is 4.68. The fraction of sp³-hybridized carbons (Fsp3) is 0.870. The summed E-state index contributed by atoms with van der Waals surface area (Å²) in [4.78, 5) is 33.4. The van der Waals surface area contributed by atoms with Gasteiger partial charge in [0.15, 0.2) is 0 Å². The second-order valence-corrected chi connectivity index (χ2v) is 10.2. The number of nitrogens with one attached hydrogen (secondary N) is 2. The Hall–Kier alpha value is -1.83. The Morgan fingerprint density at radius 3 is 1.52 bits per heavy atom. The maximum atomic E-state index is 11.4. The second kappa shape index (κ2) is 15.9. The summed E-state index contributed by atoms with van der Waals surface area (Å²) in [5, 5.41) is 14.2. The molecule has 8 heteroatoms. The van der Waals surface area contributed by atoms with Crippen molar-refractivity contribution < 1.29 is 29.0 Å². The van der Waals surface area contributed by atoms with Gasteiger partial charge in [-0.05, 0) is 66.2 Å². The van der Waals surface area contributed by atoms with Crippen molar-refractivity contribution in [3.05, 3.63) is 0 Å². The highest BCUT2D eigenvalue weighted by atomic mass is 16.6. The number of hydrogen-bond donors (Lipinski definition) is 3. The minimum atomic E-state index is -0.541. The van der Waals surface area contributed by atoms with Crippen LogP contribution >= 0.6 is 0 Å². The van der Waals surface area contributed by atoms with Crippen LogP contribution in [0.25, 0.3) is 0 Å². The zero-order chi connectivity index (χ0) is 24.1. The van der Waals surface area contributed by atoms with Crippen molar-refractivity contribution >= 4 is 18.5 Å². The average Bonchev–Trinajstić information content (AvgIpc) is 2.49. The van der Waals surface area contributed by atoms with E-state index in [0.717, 1.165) is 12.7 Å². The first-order chi connectivity index (χ1) is 13.5. The summed E-state index contributed by atoms with van der Waals surface area (Å²) in [6, 6.07) is -0.681. The van der Waals surface area contributed by atoms with Crippen LogP contribution in [0, 0.1) is 11.8 Å². The summed E-state index contributed by atoms with van der Waals surface area (Å²) >= 11 is 0. The number of carbonyl (C=O) groups is 3. The van der Waals surface area contributed by atoms with E-state index >= 15 is 0 Å². The van der Waals surface area contributed by atoms with Gasteiger partial charge in [-0.15, -0.1) is 0 Å². The van der Waals surface area contributed by atoms with E-state index in [2.05, 4.69) is 10.6 Å². The minimum absolute atomic E-state index is 0. The lowest BCUT2D eigenvalue weighted by molar-refractivity contribution is -0.110. The highest BCUT2D eigenvalue weighted by Crippen LogP contribution is 2.09. The van der Waals surface area contributed by atoms with Crippen LogP contribution in [0.1, 0.15) is 89.5 Å². The lowest BCUT2D eigenvalue weighted by Gasteiger charge is -2.23. The molecule has 3 N–H and O–H groups in total. The Balaban J connectivity index is -0.000000490. The average molecular weight is 449 g/mol. The summed E-state index contributed by atoms with van der Waals surface area (Å²) in [7, 11) is 0. The van der Waals surface area contributed by atoms with Crippen LogP contribution in [-0.4, -0.2) is 53.5 Å². The monoisotopic (exact) mass is 448 g/mol. The lowest BCUT2D eigenvalue weighted by Crippen LogP contribution is -2.41. The molecule has 0 fully saturated rings. The Bertz CT molecular complexity index is 507. The number of hydrogen-bond acceptors (Lipinski definition) is 6. The third-order valence-electron chi connectivity index (χ3n) is 3.29. The van der Waals surface area contributed by atoms with Gasteiger partial charge in [-0.2, -0.15) is 0 Å². The minimum Gasteiger partial charge on any atom is -0.444 e. The van der Waals surface area contributed by atoms with Gasteiger partial charge in [-0.25, -0.2) is 9.59 Å². The van der Waals surface area contributed by atoms with E-state index in [4.69, 9.17) is 14.6 Å². The number of alkyl carbamates (subject to hydrolysis) is 2. The van der Waals surface area contributed by atoms with E-state index in [0.29, 0.717) is 18.3 Å². The number of aldehydes is 1. The molecule has 31 heavy (non-hydrogen) atoms. The molecule has 0 aromatic heterocycles. The van der Waals surface area contributed by atoms with Gasteiger partial charge >= 0.3 is 12.2 Å². The van der Waals surface area contributed by atoms with Crippen molar-refractivity contribution in [3.8, 4) is 0 Å². The van der Waals surface area contributed by atoms with Crippen LogP contribution in [0.4, 0.5) is 9.59 Å². The van der Waals surface area contributed by atoms with Crippen LogP contribution in [0.2, 0.25) is 0 Å². The molecular weight excluding hydrogens is 400 g/mol. The predicted molar refractivity (Wildman–Crippen MR) is 125 cm³/mol. The van der Waals surface area contributed by atoms with Gasteiger partial charge in [-0.1, -0.05) is 35.1 Å². The van der Waals surface area contributed by atoms with Gasteiger partial charge in [0, 0.05) is 0 Å². The molecule has 0 saturated carbocycles. The SMILES string of the molecule is C.CC(C)C[C@@H](C=O)NC(=O)OC(C)(C)C.CC(C)C[C@@H](CO)NC(=O)OC(C)(C)C. The molecule has 2 atom stereocenters.